The lowest BCUT2D eigenvalue weighted by Crippen LogP contribution is -2.39. The van der Waals surface area contributed by atoms with Gasteiger partial charge in [-0.1, -0.05) is 24.3 Å². The quantitative estimate of drug-likeness (QED) is 0.860. The van der Waals surface area contributed by atoms with E-state index in [2.05, 4.69) is 34.9 Å². The Labute approximate surface area is 114 Å². The van der Waals surface area contributed by atoms with Crippen molar-refractivity contribution in [2.75, 3.05) is 32.9 Å². The number of ether oxygens (including phenoxy) is 2. The predicted octanol–water partition coefficient (Wildman–Crippen LogP) is 1.23. The van der Waals surface area contributed by atoms with Gasteiger partial charge in [0.15, 0.2) is 0 Å². The highest BCUT2D eigenvalue weighted by Crippen LogP contribution is 2.23. The van der Waals surface area contributed by atoms with E-state index in [1.807, 2.05) is 0 Å². The molecule has 3 rings (SSSR count). The van der Waals surface area contributed by atoms with Crippen molar-refractivity contribution in [3.63, 3.8) is 0 Å². The van der Waals surface area contributed by atoms with Gasteiger partial charge in [0.2, 0.25) is 0 Å². The second-order valence-electron chi connectivity index (χ2n) is 5.19. The monoisotopic (exact) mass is 262 g/mol. The Hall–Kier alpha value is -0.940. The summed E-state index contributed by atoms with van der Waals surface area (Å²) in [5, 5.41) is 7.12. The van der Waals surface area contributed by atoms with Gasteiger partial charge in [0, 0.05) is 19.1 Å². The number of nitrogens with one attached hydrogen (secondary N) is 2. The van der Waals surface area contributed by atoms with Gasteiger partial charge < -0.3 is 20.1 Å². The Morgan fingerprint density at radius 3 is 3.11 bits per heavy atom. The van der Waals surface area contributed by atoms with Crippen LogP contribution in [0.5, 0.6) is 0 Å². The van der Waals surface area contributed by atoms with Crippen molar-refractivity contribution < 1.29 is 9.47 Å². The second-order valence-corrected chi connectivity index (χ2v) is 5.19. The van der Waals surface area contributed by atoms with E-state index in [1.165, 1.54) is 11.1 Å². The van der Waals surface area contributed by atoms with Crippen molar-refractivity contribution in [3.05, 3.63) is 35.4 Å². The van der Waals surface area contributed by atoms with Crippen molar-refractivity contribution in [2.24, 2.45) is 0 Å². The zero-order valence-electron chi connectivity index (χ0n) is 11.2. The first-order chi connectivity index (χ1) is 9.43. The average Bonchev–Trinajstić information content (AvgIpc) is 2.68. The first kappa shape index (κ1) is 13.1. The maximum Gasteiger partial charge on any atom is 0.0933 e. The van der Waals surface area contributed by atoms with Gasteiger partial charge in [0.05, 0.1) is 25.9 Å². The number of hydrogen-bond donors (Lipinski definition) is 2. The van der Waals surface area contributed by atoms with Crippen molar-refractivity contribution in [3.8, 4) is 0 Å². The summed E-state index contributed by atoms with van der Waals surface area (Å²) >= 11 is 0. The van der Waals surface area contributed by atoms with Gasteiger partial charge in [-0.05, 0) is 24.1 Å². The van der Waals surface area contributed by atoms with E-state index in [4.69, 9.17) is 9.47 Å². The van der Waals surface area contributed by atoms with Gasteiger partial charge in [0.25, 0.3) is 0 Å². The number of hydrogen-bond acceptors (Lipinski definition) is 4. The van der Waals surface area contributed by atoms with Crippen molar-refractivity contribution in [1.82, 2.24) is 10.6 Å². The molecule has 2 aliphatic rings. The predicted molar refractivity (Wildman–Crippen MR) is 74.1 cm³/mol. The minimum Gasteiger partial charge on any atom is -0.376 e. The molecule has 0 amide bonds. The van der Waals surface area contributed by atoms with E-state index >= 15 is 0 Å². The molecule has 0 saturated carbocycles. The van der Waals surface area contributed by atoms with Gasteiger partial charge in [-0.3, -0.25) is 0 Å². The summed E-state index contributed by atoms with van der Waals surface area (Å²) in [5.41, 5.74) is 2.82. The van der Waals surface area contributed by atoms with Gasteiger partial charge in [-0.15, -0.1) is 0 Å². The first-order valence-corrected chi connectivity index (χ1v) is 7.15. The third-order valence-electron chi connectivity index (χ3n) is 3.83. The van der Waals surface area contributed by atoms with Crippen molar-refractivity contribution >= 4 is 0 Å². The Morgan fingerprint density at radius 1 is 1.26 bits per heavy atom. The van der Waals surface area contributed by atoms with Crippen LogP contribution in [0.25, 0.3) is 0 Å². The van der Waals surface area contributed by atoms with Gasteiger partial charge in [0.1, 0.15) is 0 Å². The molecular formula is C15H22N2O2. The van der Waals surface area contributed by atoms with Gasteiger partial charge >= 0.3 is 0 Å². The fraction of sp³-hybridized carbons (Fsp3) is 0.600. The van der Waals surface area contributed by atoms with Crippen LogP contribution in [0.3, 0.4) is 0 Å². The fourth-order valence-electron chi connectivity index (χ4n) is 2.80. The molecule has 19 heavy (non-hydrogen) atoms. The summed E-state index contributed by atoms with van der Waals surface area (Å²) in [5.74, 6) is 0. The van der Waals surface area contributed by atoms with Crippen LogP contribution in [-0.2, 0) is 16.0 Å². The summed E-state index contributed by atoms with van der Waals surface area (Å²) in [6, 6.07) is 9.09. The van der Waals surface area contributed by atoms with E-state index in [9.17, 15) is 0 Å². The van der Waals surface area contributed by atoms with E-state index < -0.39 is 0 Å². The summed E-state index contributed by atoms with van der Waals surface area (Å²) in [6.07, 6.45) is 1.31. The Bertz CT molecular complexity index is 405. The van der Waals surface area contributed by atoms with Gasteiger partial charge in [-0.25, -0.2) is 0 Å². The van der Waals surface area contributed by atoms with Crippen LogP contribution in [0.4, 0.5) is 0 Å². The number of rotatable bonds is 3. The van der Waals surface area contributed by atoms with Crippen LogP contribution in [0.1, 0.15) is 23.6 Å². The fourth-order valence-corrected chi connectivity index (χ4v) is 2.80. The maximum absolute atomic E-state index is 5.69. The molecule has 1 saturated heterocycles. The molecule has 2 aliphatic heterocycles. The normalized spacial score (nSPS) is 27.6. The standard InChI is InChI=1S/C15H22N2O2/c1-2-4-14-12(3-1)9-16-6-5-15(14)17-10-13-11-18-7-8-19-13/h1-4,13,15-17H,5-11H2. The van der Waals surface area contributed by atoms with Crippen LogP contribution in [0.2, 0.25) is 0 Å². The molecule has 104 valence electrons. The lowest BCUT2D eigenvalue weighted by atomic mass is 9.99. The molecule has 0 aliphatic carbocycles. The molecule has 0 spiro atoms. The first-order valence-electron chi connectivity index (χ1n) is 7.15. The summed E-state index contributed by atoms with van der Waals surface area (Å²) in [4.78, 5) is 0. The molecule has 2 atom stereocenters. The zero-order valence-corrected chi connectivity index (χ0v) is 11.2. The zero-order chi connectivity index (χ0) is 12.9. The molecule has 0 aromatic heterocycles. The Balaban J connectivity index is 1.63. The van der Waals surface area contributed by atoms with E-state index in [1.54, 1.807) is 0 Å². The molecule has 0 bridgehead atoms. The highest BCUT2D eigenvalue weighted by molar-refractivity contribution is 5.31. The topological polar surface area (TPSA) is 42.5 Å². The van der Waals surface area contributed by atoms with Crippen LogP contribution in [0, 0.1) is 0 Å². The number of fused-ring (bicyclic) bond motifs is 1. The number of benzene rings is 1. The highest BCUT2D eigenvalue weighted by Gasteiger charge is 2.20. The highest BCUT2D eigenvalue weighted by atomic mass is 16.6. The molecule has 1 fully saturated rings. The minimum atomic E-state index is 0.192. The van der Waals surface area contributed by atoms with E-state index in [0.29, 0.717) is 12.6 Å². The lowest BCUT2D eigenvalue weighted by molar-refractivity contribution is -0.0871. The molecule has 4 heteroatoms. The largest absolute Gasteiger partial charge is 0.376 e. The van der Waals surface area contributed by atoms with Crippen LogP contribution in [0.15, 0.2) is 24.3 Å². The lowest BCUT2D eigenvalue weighted by Gasteiger charge is -2.26. The van der Waals surface area contributed by atoms with Crippen molar-refractivity contribution in [1.29, 1.82) is 0 Å². The third-order valence-corrected chi connectivity index (χ3v) is 3.83. The Morgan fingerprint density at radius 2 is 2.21 bits per heavy atom. The van der Waals surface area contributed by atoms with E-state index in [-0.39, 0.29) is 6.10 Å². The molecule has 4 nitrogen and oxygen atoms in total. The maximum atomic E-state index is 5.69. The molecule has 2 heterocycles. The van der Waals surface area contributed by atoms with Crippen molar-refractivity contribution in [2.45, 2.75) is 25.1 Å². The molecule has 1 aromatic carbocycles. The Kier molecular flexibility index (Phi) is 4.45. The summed E-state index contributed by atoms with van der Waals surface area (Å²) in [6.45, 7) is 5.03. The molecular weight excluding hydrogens is 240 g/mol. The van der Waals surface area contributed by atoms with Gasteiger partial charge in [-0.2, -0.15) is 0 Å². The van der Waals surface area contributed by atoms with Crippen LogP contribution >= 0.6 is 0 Å². The average molecular weight is 262 g/mol. The second kappa shape index (κ2) is 6.48. The smallest absolute Gasteiger partial charge is 0.0933 e. The molecule has 1 aromatic rings. The summed E-state index contributed by atoms with van der Waals surface area (Å²) < 4.78 is 11.1. The molecule has 2 N–H and O–H groups in total. The summed E-state index contributed by atoms with van der Waals surface area (Å²) in [7, 11) is 0. The minimum absolute atomic E-state index is 0.192. The third kappa shape index (κ3) is 3.34. The molecule has 2 unspecified atom stereocenters. The van der Waals surface area contributed by atoms with E-state index in [0.717, 1.165) is 39.3 Å². The van der Waals surface area contributed by atoms with Crippen LogP contribution in [-0.4, -0.2) is 39.0 Å². The molecule has 0 radical (unpaired) electrons. The van der Waals surface area contributed by atoms with Crippen LogP contribution < -0.4 is 10.6 Å². The SMILES string of the molecule is c1ccc2c(c1)CNCCC2NCC1COCCO1.